The predicted molar refractivity (Wildman–Crippen MR) is 82.5 cm³/mol. The van der Waals surface area contributed by atoms with Gasteiger partial charge in [0.2, 0.25) is 0 Å². The largest absolute Gasteiger partial charge is 0.545 e. The fraction of sp³-hybridized carbons (Fsp3) is 0.133. The number of hydrogen-bond donors (Lipinski definition) is 1. The van der Waals surface area contributed by atoms with Gasteiger partial charge < -0.3 is 9.90 Å². The molecule has 0 aliphatic rings. The highest BCUT2D eigenvalue weighted by Crippen LogP contribution is 2.25. The van der Waals surface area contributed by atoms with Crippen molar-refractivity contribution in [2.24, 2.45) is 0 Å². The Hall–Kier alpha value is -2.05. The lowest BCUT2D eigenvalue weighted by Gasteiger charge is -2.12. The lowest BCUT2D eigenvalue weighted by atomic mass is 10.1. The summed E-state index contributed by atoms with van der Waals surface area (Å²) in [7, 11) is -4.00. The van der Waals surface area contributed by atoms with Gasteiger partial charge in [0.15, 0.2) is 0 Å². The third kappa shape index (κ3) is 3.40. The van der Waals surface area contributed by atoms with Crippen LogP contribution in [0.5, 0.6) is 0 Å². The molecule has 116 valence electrons. The van der Waals surface area contributed by atoms with E-state index in [9.17, 15) is 18.3 Å². The van der Waals surface area contributed by atoms with Crippen molar-refractivity contribution in [3.63, 3.8) is 0 Å². The summed E-state index contributed by atoms with van der Waals surface area (Å²) in [5.41, 5.74) is 2.07. The molecule has 0 fully saturated rings. The number of sulfonamides is 1. The quantitative estimate of drug-likeness (QED) is 0.925. The van der Waals surface area contributed by atoms with E-state index >= 15 is 0 Å². The molecule has 0 aliphatic heterocycles. The molecular formula is C15H13ClNO4S-. The van der Waals surface area contributed by atoms with E-state index in [1.807, 2.05) is 13.8 Å². The highest BCUT2D eigenvalue weighted by Gasteiger charge is 2.19. The number of aromatic carboxylic acids is 1. The van der Waals surface area contributed by atoms with Crippen LogP contribution < -0.4 is 9.83 Å². The van der Waals surface area contributed by atoms with Gasteiger partial charge in [0.25, 0.3) is 10.0 Å². The lowest BCUT2D eigenvalue weighted by molar-refractivity contribution is -0.255. The lowest BCUT2D eigenvalue weighted by Crippen LogP contribution is -2.23. The van der Waals surface area contributed by atoms with Crippen molar-refractivity contribution in [1.29, 1.82) is 0 Å². The predicted octanol–water partition coefficient (Wildman–Crippen LogP) is 2.12. The Labute approximate surface area is 133 Å². The number of rotatable bonds is 4. The third-order valence-electron chi connectivity index (χ3n) is 3.22. The molecule has 0 aromatic heterocycles. The van der Waals surface area contributed by atoms with Crippen LogP contribution in [0.2, 0.25) is 5.02 Å². The van der Waals surface area contributed by atoms with Gasteiger partial charge in [-0.05, 0) is 54.8 Å². The van der Waals surface area contributed by atoms with Crippen LogP contribution in [0.1, 0.15) is 21.5 Å². The molecule has 22 heavy (non-hydrogen) atoms. The zero-order chi connectivity index (χ0) is 16.5. The van der Waals surface area contributed by atoms with Crippen LogP contribution in [0.4, 0.5) is 5.69 Å². The molecule has 5 nitrogen and oxygen atoms in total. The van der Waals surface area contributed by atoms with Crippen molar-refractivity contribution in [3.05, 3.63) is 58.1 Å². The van der Waals surface area contributed by atoms with Crippen molar-refractivity contribution in [2.45, 2.75) is 18.7 Å². The Morgan fingerprint density at radius 2 is 1.77 bits per heavy atom. The van der Waals surface area contributed by atoms with E-state index < -0.39 is 16.0 Å². The summed E-state index contributed by atoms with van der Waals surface area (Å²) >= 11 is 5.88. The van der Waals surface area contributed by atoms with Crippen molar-refractivity contribution < 1.29 is 18.3 Å². The molecule has 0 radical (unpaired) electrons. The number of benzene rings is 2. The second-order valence-electron chi connectivity index (χ2n) is 4.84. The summed E-state index contributed by atoms with van der Waals surface area (Å²) in [4.78, 5) is 10.6. The molecular weight excluding hydrogens is 326 g/mol. The zero-order valence-corrected chi connectivity index (χ0v) is 13.5. The van der Waals surface area contributed by atoms with Gasteiger partial charge in [-0.1, -0.05) is 23.7 Å². The zero-order valence-electron chi connectivity index (χ0n) is 11.9. The normalized spacial score (nSPS) is 11.2. The topological polar surface area (TPSA) is 86.3 Å². The van der Waals surface area contributed by atoms with E-state index in [4.69, 9.17) is 11.6 Å². The maximum absolute atomic E-state index is 12.4. The van der Waals surface area contributed by atoms with Crippen molar-refractivity contribution >= 4 is 33.3 Å². The van der Waals surface area contributed by atoms with E-state index in [-0.39, 0.29) is 15.5 Å². The maximum atomic E-state index is 12.4. The fourth-order valence-electron chi connectivity index (χ4n) is 1.85. The first-order valence-corrected chi connectivity index (χ1v) is 8.18. The second kappa shape index (κ2) is 5.98. The number of carboxylic acids is 1. The number of hydrogen-bond acceptors (Lipinski definition) is 4. The molecule has 0 saturated heterocycles. The van der Waals surface area contributed by atoms with Gasteiger partial charge in [-0.3, -0.25) is 4.72 Å². The summed E-state index contributed by atoms with van der Waals surface area (Å²) in [6.07, 6.45) is 0. The number of carbonyl (C=O) groups excluding carboxylic acids is 1. The average molecular weight is 339 g/mol. The average Bonchev–Trinajstić information content (AvgIpc) is 2.42. The van der Waals surface area contributed by atoms with E-state index in [1.165, 1.54) is 12.1 Å². The fourth-order valence-corrected chi connectivity index (χ4v) is 3.43. The Kier molecular flexibility index (Phi) is 4.44. The minimum absolute atomic E-state index is 0.0682. The highest BCUT2D eigenvalue weighted by molar-refractivity contribution is 7.92. The Morgan fingerprint density at radius 3 is 2.36 bits per heavy atom. The van der Waals surface area contributed by atoms with Gasteiger partial charge in [0.05, 0.1) is 11.0 Å². The molecule has 2 aromatic carbocycles. The van der Waals surface area contributed by atoms with Crippen LogP contribution in [0, 0.1) is 13.8 Å². The maximum Gasteiger partial charge on any atom is 0.263 e. The summed E-state index contributed by atoms with van der Waals surface area (Å²) in [5, 5.41) is 10.8. The van der Waals surface area contributed by atoms with E-state index in [2.05, 4.69) is 4.72 Å². The van der Waals surface area contributed by atoms with Crippen molar-refractivity contribution in [1.82, 2.24) is 0 Å². The summed E-state index contributed by atoms with van der Waals surface area (Å²) in [5.74, 6) is -1.47. The summed E-state index contributed by atoms with van der Waals surface area (Å²) in [6.45, 7) is 3.77. The number of halogens is 1. The summed E-state index contributed by atoms with van der Waals surface area (Å²) in [6, 6.07) is 8.46. The molecule has 0 aliphatic carbocycles. The Morgan fingerprint density at radius 1 is 1.09 bits per heavy atom. The van der Waals surface area contributed by atoms with E-state index in [0.29, 0.717) is 5.69 Å². The third-order valence-corrected chi connectivity index (χ3v) is 5.08. The molecule has 2 aromatic rings. The van der Waals surface area contributed by atoms with Crippen LogP contribution in [0.3, 0.4) is 0 Å². The molecule has 0 amide bonds. The van der Waals surface area contributed by atoms with Crippen LogP contribution in [0.25, 0.3) is 0 Å². The highest BCUT2D eigenvalue weighted by atomic mass is 35.5. The number of aryl methyl sites for hydroxylation is 2. The molecule has 7 heteroatoms. The molecule has 0 unspecified atom stereocenters. The van der Waals surface area contributed by atoms with E-state index in [1.54, 1.807) is 18.2 Å². The first-order chi connectivity index (χ1) is 10.2. The minimum atomic E-state index is -4.00. The Bertz CT molecular complexity index is 847. The van der Waals surface area contributed by atoms with Gasteiger partial charge >= 0.3 is 0 Å². The number of nitrogens with one attached hydrogen (secondary N) is 1. The number of carboxylic acid groups (broad SMARTS) is 1. The van der Waals surface area contributed by atoms with Gasteiger partial charge in [0, 0.05) is 5.69 Å². The Balaban J connectivity index is 2.44. The molecule has 0 spiro atoms. The first-order valence-electron chi connectivity index (χ1n) is 6.31. The van der Waals surface area contributed by atoms with Gasteiger partial charge in [-0.25, -0.2) is 8.42 Å². The molecule has 1 N–H and O–H groups in total. The number of carbonyl (C=O) groups is 1. The van der Waals surface area contributed by atoms with Crippen LogP contribution >= 0.6 is 11.6 Å². The van der Waals surface area contributed by atoms with Crippen molar-refractivity contribution in [3.8, 4) is 0 Å². The van der Waals surface area contributed by atoms with E-state index in [0.717, 1.165) is 17.2 Å². The standard InChI is InChI=1S/C15H14ClNO4S/c1-9-3-5-12(7-10(9)2)17-22(20,21)14-8-11(15(18)19)4-6-13(14)16/h3-8,17H,1-2H3,(H,18,19)/p-1. The molecule has 2 rings (SSSR count). The molecule has 0 bridgehead atoms. The molecule has 0 atom stereocenters. The van der Waals surface area contributed by atoms with Crippen LogP contribution in [-0.2, 0) is 10.0 Å². The second-order valence-corrected chi connectivity index (χ2v) is 6.90. The van der Waals surface area contributed by atoms with Crippen LogP contribution in [-0.4, -0.2) is 14.4 Å². The molecule has 0 saturated carbocycles. The smallest absolute Gasteiger partial charge is 0.263 e. The van der Waals surface area contributed by atoms with Gasteiger partial charge in [-0.15, -0.1) is 0 Å². The van der Waals surface area contributed by atoms with Crippen molar-refractivity contribution in [2.75, 3.05) is 4.72 Å². The SMILES string of the molecule is Cc1ccc(NS(=O)(=O)c2cc(C(=O)[O-])ccc2Cl)cc1C. The monoisotopic (exact) mass is 338 g/mol. The molecule has 0 heterocycles. The van der Waals surface area contributed by atoms with Crippen LogP contribution in [0.15, 0.2) is 41.3 Å². The van der Waals surface area contributed by atoms with Gasteiger partial charge in [-0.2, -0.15) is 0 Å². The minimum Gasteiger partial charge on any atom is -0.545 e. The first kappa shape index (κ1) is 16.3. The summed E-state index contributed by atoms with van der Waals surface area (Å²) < 4.78 is 27.2. The van der Waals surface area contributed by atoms with Gasteiger partial charge in [0.1, 0.15) is 4.90 Å². The number of anilines is 1.